The summed E-state index contributed by atoms with van der Waals surface area (Å²) in [5, 5.41) is 20.4. The van der Waals surface area contributed by atoms with Gasteiger partial charge in [-0.15, -0.1) is 0 Å². The largest absolute Gasteiger partial charge is 0.416 e. The molecule has 3 atom stereocenters. The van der Waals surface area contributed by atoms with Gasteiger partial charge in [-0.3, -0.25) is 0 Å². The second kappa shape index (κ2) is 5.99. The number of alkyl halides is 3. The van der Waals surface area contributed by atoms with Crippen LogP contribution in [0.15, 0.2) is 36.4 Å². The molecule has 3 rings (SSSR count). The predicted octanol–water partition coefficient (Wildman–Crippen LogP) is 3.99. The monoisotopic (exact) mass is 334 g/mol. The number of hydrogen-bond donors (Lipinski definition) is 1. The molecule has 1 aliphatic heterocycles. The number of fused-ring (bicyclic) bond motifs is 1. The van der Waals surface area contributed by atoms with E-state index in [-0.39, 0.29) is 12.5 Å². The Morgan fingerprint density at radius 1 is 1.25 bits per heavy atom. The zero-order chi connectivity index (χ0) is 17.5. The minimum absolute atomic E-state index is 0.0939. The van der Waals surface area contributed by atoms with E-state index < -0.39 is 18.3 Å². The van der Waals surface area contributed by atoms with Crippen LogP contribution in [-0.2, 0) is 0 Å². The molecule has 1 heterocycles. The van der Waals surface area contributed by atoms with Gasteiger partial charge >= 0.3 is 6.18 Å². The first-order valence-corrected chi connectivity index (χ1v) is 7.79. The summed E-state index contributed by atoms with van der Waals surface area (Å²) in [5.41, 5.74) is 1.16. The number of nitriles is 1. The maximum Gasteiger partial charge on any atom is 0.416 e. The maximum atomic E-state index is 13.0. The van der Waals surface area contributed by atoms with E-state index in [0.29, 0.717) is 17.7 Å². The maximum absolute atomic E-state index is 13.0. The van der Waals surface area contributed by atoms with Crippen molar-refractivity contribution in [1.82, 2.24) is 0 Å². The second-order valence-electron chi connectivity index (χ2n) is 6.21. The van der Waals surface area contributed by atoms with Gasteiger partial charge < -0.3 is 10.0 Å². The molecule has 0 aliphatic carbocycles. The van der Waals surface area contributed by atoms with Crippen molar-refractivity contribution in [2.75, 3.05) is 4.90 Å². The average Bonchev–Trinajstić information content (AvgIpc) is 2.93. The van der Waals surface area contributed by atoms with E-state index in [0.717, 1.165) is 10.8 Å². The Labute approximate surface area is 137 Å². The van der Waals surface area contributed by atoms with Gasteiger partial charge in [0.1, 0.15) is 0 Å². The first-order valence-electron chi connectivity index (χ1n) is 7.79. The molecule has 24 heavy (non-hydrogen) atoms. The van der Waals surface area contributed by atoms with Crippen LogP contribution in [0.3, 0.4) is 0 Å². The summed E-state index contributed by atoms with van der Waals surface area (Å²) in [6.45, 7) is 1.86. The van der Waals surface area contributed by atoms with Crippen LogP contribution in [0.5, 0.6) is 0 Å². The van der Waals surface area contributed by atoms with Crippen molar-refractivity contribution in [1.29, 1.82) is 5.26 Å². The predicted molar refractivity (Wildman–Crippen MR) is 85.7 cm³/mol. The molecular formula is C18H17F3N2O. The number of rotatable bonds is 2. The Bertz CT molecular complexity index is 797. The summed E-state index contributed by atoms with van der Waals surface area (Å²) >= 11 is 0. The first-order chi connectivity index (χ1) is 11.3. The van der Waals surface area contributed by atoms with Gasteiger partial charge in [0.15, 0.2) is 6.10 Å². The second-order valence-corrected chi connectivity index (χ2v) is 6.21. The van der Waals surface area contributed by atoms with Crippen molar-refractivity contribution in [3.63, 3.8) is 0 Å². The van der Waals surface area contributed by atoms with E-state index in [4.69, 9.17) is 5.26 Å². The summed E-state index contributed by atoms with van der Waals surface area (Å²) in [7, 11) is 0. The normalized spacial score (nSPS) is 22.6. The molecule has 2 aromatic rings. The lowest BCUT2D eigenvalue weighted by Gasteiger charge is -2.34. The van der Waals surface area contributed by atoms with Gasteiger partial charge in [0.05, 0.1) is 17.7 Å². The Balaban J connectivity index is 2.03. The summed E-state index contributed by atoms with van der Waals surface area (Å²) in [4.78, 5) is 1.65. The van der Waals surface area contributed by atoms with Gasteiger partial charge in [0, 0.05) is 11.7 Å². The highest BCUT2D eigenvalue weighted by Gasteiger charge is 2.48. The molecule has 1 saturated heterocycles. The number of hydrogen-bond acceptors (Lipinski definition) is 3. The van der Waals surface area contributed by atoms with Crippen LogP contribution in [0.2, 0.25) is 0 Å². The first kappa shape index (κ1) is 16.6. The smallest absolute Gasteiger partial charge is 0.382 e. The van der Waals surface area contributed by atoms with Crippen molar-refractivity contribution in [3.05, 3.63) is 42.0 Å². The molecule has 0 radical (unpaired) electrons. The fourth-order valence-electron chi connectivity index (χ4n) is 3.52. The van der Waals surface area contributed by atoms with Crippen LogP contribution >= 0.6 is 0 Å². The van der Waals surface area contributed by atoms with Gasteiger partial charge in [-0.05, 0) is 48.7 Å². The van der Waals surface area contributed by atoms with Crippen LogP contribution in [0.1, 0.15) is 25.3 Å². The number of anilines is 1. The van der Waals surface area contributed by atoms with Crippen LogP contribution < -0.4 is 4.90 Å². The van der Waals surface area contributed by atoms with Gasteiger partial charge in [0.2, 0.25) is 0 Å². The topological polar surface area (TPSA) is 47.3 Å². The molecule has 0 saturated carbocycles. The summed E-state index contributed by atoms with van der Waals surface area (Å²) < 4.78 is 38.9. The quantitative estimate of drug-likeness (QED) is 0.903. The van der Waals surface area contributed by atoms with Crippen LogP contribution in [0.4, 0.5) is 18.9 Å². The van der Waals surface area contributed by atoms with Gasteiger partial charge in [0.25, 0.3) is 0 Å². The van der Waals surface area contributed by atoms with Crippen molar-refractivity contribution in [3.8, 4) is 6.07 Å². The fourth-order valence-corrected chi connectivity index (χ4v) is 3.52. The number of halogens is 3. The Morgan fingerprint density at radius 2 is 2.00 bits per heavy atom. The SMILES string of the molecule is C[C@H]1CC[C@@H]([C@H](O)C(F)(F)F)N1c1ccc2c(C#N)cccc2c1. The molecule has 1 aliphatic rings. The van der Waals surface area contributed by atoms with Crippen LogP contribution in [0, 0.1) is 11.3 Å². The van der Waals surface area contributed by atoms with E-state index in [1.807, 2.05) is 13.0 Å². The third-order valence-corrected chi connectivity index (χ3v) is 4.69. The minimum atomic E-state index is -4.64. The third kappa shape index (κ3) is 2.80. The lowest BCUT2D eigenvalue weighted by Crippen LogP contribution is -2.48. The standard InChI is InChI=1S/C18H17F3N2O/c1-11-5-8-16(17(24)18(19,20)21)23(11)14-6-7-15-12(9-14)3-2-4-13(15)10-22/h2-4,6-7,9,11,16-17,24H,5,8H2,1H3/t11-,16-,17-/m0/s1. The third-order valence-electron chi connectivity index (χ3n) is 4.69. The van der Waals surface area contributed by atoms with Gasteiger partial charge in [-0.2, -0.15) is 18.4 Å². The average molecular weight is 334 g/mol. The van der Waals surface area contributed by atoms with Gasteiger partial charge in [-0.25, -0.2) is 0 Å². The number of aliphatic hydroxyl groups is 1. The highest BCUT2D eigenvalue weighted by atomic mass is 19.4. The van der Waals surface area contributed by atoms with Crippen LogP contribution in [-0.4, -0.2) is 29.5 Å². The molecule has 126 valence electrons. The molecular weight excluding hydrogens is 317 g/mol. The molecule has 0 spiro atoms. The molecule has 1 N–H and O–H groups in total. The highest BCUT2D eigenvalue weighted by molar-refractivity contribution is 5.90. The van der Waals surface area contributed by atoms with Crippen molar-refractivity contribution in [2.24, 2.45) is 0 Å². The molecule has 0 bridgehead atoms. The lowest BCUT2D eigenvalue weighted by molar-refractivity contribution is -0.209. The zero-order valence-electron chi connectivity index (χ0n) is 13.1. The molecule has 6 heteroatoms. The van der Waals surface area contributed by atoms with Crippen molar-refractivity contribution in [2.45, 2.75) is 44.1 Å². The summed E-state index contributed by atoms with van der Waals surface area (Å²) in [6.07, 6.45) is -6.13. The minimum Gasteiger partial charge on any atom is -0.382 e. The van der Waals surface area contributed by atoms with E-state index >= 15 is 0 Å². The number of benzene rings is 2. The summed E-state index contributed by atoms with van der Waals surface area (Å²) in [6, 6.07) is 11.6. The molecule has 3 nitrogen and oxygen atoms in total. The zero-order valence-corrected chi connectivity index (χ0v) is 13.1. The molecule has 1 fully saturated rings. The molecule has 0 amide bonds. The van der Waals surface area contributed by atoms with Crippen LogP contribution in [0.25, 0.3) is 10.8 Å². The van der Waals surface area contributed by atoms with E-state index in [1.54, 1.807) is 35.2 Å². The van der Waals surface area contributed by atoms with E-state index in [1.165, 1.54) is 0 Å². The number of aliphatic hydroxyl groups excluding tert-OH is 1. The Hall–Kier alpha value is -2.26. The lowest BCUT2D eigenvalue weighted by atomic mass is 10.0. The molecule has 0 unspecified atom stereocenters. The van der Waals surface area contributed by atoms with E-state index in [2.05, 4.69) is 6.07 Å². The molecule has 2 aromatic carbocycles. The summed E-state index contributed by atoms with van der Waals surface area (Å²) in [5.74, 6) is 0. The highest BCUT2D eigenvalue weighted by Crippen LogP contribution is 2.38. The Kier molecular flexibility index (Phi) is 4.14. The Morgan fingerprint density at radius 3 is 2.67 bits per heavy atom. The fraction of sp³-hybridized carbons (Fsp3) is 0.389. The van der Waals surface area contributed by atoms with Gasteiger partial charge in [-0.1, -0.05) is 18.2 Å². The number of nitrogens with zero attached hydrogens (tertiary/aromatic N) is 2. The van der Waals surface area contributed by atoms with Crippen molar-refractivity contribution >= 4 is 16.5 Å². The van der Waals surface area contributed by atoms with E-state index in [9.17, 15) is 18.3 Å². The molecule has 0 aromatic heterocycles. The van der Waals surface area contributed by atoms with Crippen molar-refractivity contribution < 1.29 is 18.3 Å².